The molecule has 21 heavy (non-hydrogen) atoms. The molecule has 2 aliphatic rings. The summed E-state index contributed by atoms with van der Waals surface area (Å²) in [6, 6.07) is 4.82. The van der Waals surface area contributed by atoms with Gasteiger partial charge in [-0.3, -0.25) is 4.99 Å². The van der Waals surface area contributed by atoms with Gasteiger partial charge >= 0.3 is 0 Å². The first-order valence-corrected chi connectivity index (χ1v) is 7.63. The van der Waals surface area contributed by atoms with E-state index in [4.69, 9.17) is 14.5 Å². The van der Waals surface area contributed by atoms with E-state index >= 15 is 0 Å². The molecule has 0 radical (unpaired) electrons. The number of benzene rings is 1. The average Bonchev–Trinajstić information content (AvgIpc) is 2.92. The maximum Gasteiger partial charge on any atom is 0.161 e. The second kappa shape index (κ2) is 5.68. The summed E-state index contributed by atoms with van der Waals surface area (Å²) in [7, 11) is 5.61. The number of likely N-dealkylation sites (N-methyl/N-ethyl adjacent to an activating group) is 1. The number of likely N-dealkylation sites (tertiary alicyclic amines) is 1. The van der Waals surface area contributed by atoms with E-state index in [9.17, 15) is 0 Å². The maximum atomic E-state index is 5.50. The van der Waals surface area contributed by atoms with Crippen molar-refractivity contribution < 1.29 is 9.47 Å². The van der Waals surface area contributed by atoms with Gasteiger partial charge in [0, 0.05) is 29.8 Å². The lowest BCUT2D eigenvalue weighted by Crippen LogP contribution is -2.35. The predicted octanol–water partition coefficient (Wildman–Crippen LogP) is 2.70. The highest BCUT2D eigenvalue weighted by molar-refractivity contribution is 6.01. The van der Waals surface area contributed by atoms with Gasteiger partial charge < -0.3 is 14.4 Å². The normalized spacial score (nSPS) is 25.4. The fraction of sp³-hybridized carbons (Fsp3) is 0.588. The number of ether oxygens (including phenoxy) is 2. The van der Waals surface area contributed by atoms with Crippen molar-refractivity contribution in [2.45, 2.75) is 31.7 Å². The summed E-state index contributed by atoms with van der Waals surface area (Å²) in [5.74, 6) is 2.05. The minimum Gasteiger partial charge on any atom is -0.493 e. The van der Waals surface area contributed by atoms with E-state index in [1.54, 1.807) is 14.2 Å². The summed E-state index contributed by atoms with van der Waals surface area (Å²) in [5, 5.41) is 0. The van der Waals surface area contributed by atoms with Crippen molar-refractivity contribution in [1.29, 1.82) is 0 Å². The Hall–Kier alpha value is -1.55. The highest BCUT2D eigenvalue weighted by atomic mass is 16.5. The molecule has 0 N–H and O–H groups in total. The Kier molecular flexibility index (Phi) is 3.89. The number of hydrogen-bond acceptors (Lipinski definition) is 4. The summed E-state index contributed by atoms with van der Waals surface area (Å²) in [6.07, 6.45) is 2.53. The van der Waals surface area contributed by atoms with Crippen molar-refractivity contribution in [3.63, 3.8) is 0 Å². The van der Waals surface area contributed by atoms with Crippen LogP contribution in [0, 0.1) is 0 Å². The van der Waals surface area contributed by atoms with Gasteiger partial charge in [0.15, 0.2) is 11.5 Å². The molecule has 0 bridgehead atoms. The summed E-state index contributed by atoms with van der Waals surface area (Å²) >= 11 is 0. The van der Waals surface area contributed by atoms with E-state index in [0.717, 1.165) is 23.8 Å². The third-order valence-corrected chi connectivity index (χ3v) is 4.91. The molecule has 114 valence electrons. The number of aliphatic imine (C=N–C) groups is 1. The summed E-state index contributed by atoms with van der Waals surface area (Å²) in [6.45, 7) is 4.15. The number of nitrogens with zero attached hydrogens (tertiary/aromatic N) is 2. The molecule has 0 spiro atoms. The Balaban J connectivity index is 2.06. The molecule has 1 aromatic carbocycles. The maximum absolute atomic E-state index is 5.50. The van der Waals surface area contributed by atoms with E-state index in [2.05, 4.69) is 31.0 Å². The summed E-state index contributed by atoms with van der Waals surface area (Å²) < 4.78 is 10.9. The van der Waals surface area contributed by atoms with Crippen LogP contribution in [0.15, 0.2) is 17.1 Å². The molecule has 2 atom stereocenters. The fourth-order valence-electron chi connectivity index (χ4n) is 3.71. The van der Waals surface area contributed by atoms with Crippen LogP contribution >= 0.6 is 0 Å². The van der Waals surface area contributed by atoms with Gasteiger partial charge in [-0.25, -0.2) is 0 Å². The lowest BCUT2D eigenvalue weighted by Gasteiger charge is -2.33. The van der Waals surface area contributed by atoms with Gasteiger partial charge in [0.2, 0.25) is 0 Å². The zero-order valence-electron chi connectivity index (χ0n) is 13.3. The minimum absolute atomic E-state index is 0.455. The summed E-state index contributed by atoms with van der Waals surface area (Å²) in [4.78, 5) is 7.23. The van der Waals surface area contributed by atoms with Crippen LogP contribution in [0.4, 0.5) is 0 Å². The lowest BCUT2D eigenvalue weighted by molar-refractivity contribution is 0.271. The van der Waals surface area contributed by atoms with E-state index in [-0.39, 0.29) is 0 Å². The molecule has 2 aliphatic heterocycles. The van der Waals surface area contributed by atoms with E-state index in [1.807, 2.05) is 0 Å². The Morgan fingerprint density at radius 3 is 2.52 bits per heavy atom. The minimum atomic E-state index is 0.455. The Morgan fingerprint density at radius 2 is 1.90 bits per heavy atom. The third-order valence-electron chi connectivity index (χ3n) is 4.91. The highest BCUT2D eigenvalue weighted by Gasteiger charge is 2.34. The third kappa shape index (κ3) is 2.42. The lowest BCUT2D eigenvalue weighted by atomic mass is 9.83. The molecule has 0 aliphatic carbocycles. The summed E-state index contributed by atoms with van der Waals surface area (Å²) in [5.41, 5.74) is 3.67. The zero-order chi connectivity index (χ0) is 15.0. The van der Waals surface area contributed by atoms with Gasteiger partial charge in [-0.1, -0.05) is 0 Å². The SMILES string of the molecule is COc1cc2c(cc1OC)C(C1CCCN1C)CN=C2C. The molecule has 2 heterocycles. The smallest absolute Gasteiger partial charge is 0.161 e. The first-order chi connectivity index (χ1) is 10.2. The first-order valence-electron chi connectivity index (χ1n) is 7.63. The van der Waals surface area contributed by atoms with Crippen LogP contribution < -0.4 is 9.47 Å². The Labute approximate surface area is 126 Å². The quantitative estimate of drug-likeness (QED) is 0.857. The largest absolute Gasteiger partial charge is 0.493 e. The number of rotatable bonds is 3. The molecular formula is C17H24N2O2. The van der Waals surface area contributed by atoms with E-state index < -0.39 is 0 Å². The van der Waals surface area contributed by atoms with Crippen LogP contribution in [0.3, 0.4) is 0 Å². The molecule has 1 fully saturated rings. The van der Waals surface area contributed by atoms with E-state index in [0.29, 0.717) is 12.0 Å². The monoisotopic (exact) mass is 288 g/mol. The first kappa shape index (κ1) is 14.4. The average molecular weight is 288 g/mol. The molecule has 0 aromatic heterocycles. The topological polar surface area (TPSA) is 34.1 Å². The molecule has 4 nitrogen and oxygen atoms in total. The number of methoxy groups -OCH3 is 2. The molecule has 4 heteroatoms. The van der Waals surface area contributed by atoms with Gasteiger partial charge in [-0.15, -0.1) is 0 Å². The van der Waals surface area contributed by atoms with Crippen LogP contribution in [-0.4, -0.2) is 51.0 Å². The van der Waals surface area contributed by atoms with Crippen molar-refractivity contribution >= 4 is 5.71 Å². The molecule has 0 saturated carbocycles. The molecule has 2 unspecified atom stereocenters. The second-order valence-electron chi connectivity index (χ2n) is 6.02. The number of hydrogen-bond donors (Lipinski definition) is 0. The molecule has 3 rings (SSSR count). The molecule has 1 saturated heterocycles. The predicted molar refractivity (Wildman–Crippen MR) is 85.0 cm³/mol. The highest BCUT2D eigenvalue weighted by Crippen LogP contribution is 2.40. The van der Waals surface area contributed by atoms with Gasteiger partial charge in [-0.2, -0.15) is 0 Å². The van der Waals surface area contributed by atoms with Crippen molar-refractivity contribution in [2.75, 3.05) is 34.4 Å². The van der Waals surface area contributed by atoms with Crippen LogP contribution in [0.5, 0.6) is 11.5 Å². The van der Waals surface area contributed by atoms with Crippen LogP contribution in [-0.2, 0) is 0 Å². The van der Waals surface area contributed by atoms with Crippen molar-refractivity contribution in [2.24, 2.45) is 4.99 Å². The molecule has 1 aromatic rings. The Bertz CT molecular complexity index is 568. The van der Waals surface area contributed by atoms with Crippen molar-refractivity contribution in [1.82, 2.24) is 4.90 Å². The van der Waals surface area contributed by atoms with Crippen LogP contribution in [0.25, 0.3) is 0 Å². The zero-order valence-corrected chi connectivity index (χ0v) is 13.3. The van der Waals surface area contributed by atoms with Crippen LogP contribution in [0.1, 0.15) is 36.8 Å². The van der Waals surface area contributed by atoms with Gasteiger partial charge in [0.1, 0.15) is 0 Å². The molecule has 0 amide bonds. The van der Waals surface area contributed by atoms with Gasteiger partial charge in [-0.05, 0) is 51.1 Å². The molecular weight excluding hydrogens is 264 g/mol. The standard InChI is InChI=1S/C17H24N2O2/c1-11-12-8-16(20-3)17(21-4)9-13(12)14(10-18-11)15-6-5-7-19(15)2/h8-9,14-15H,5-7,10H2,1-4H3. The van der Waals surface area contributed by atoms with Gasteiger partial charge in [0.05, 0.1) is 14.2 Å². The van der Waals surface area contributed by atoms with E-state index in [1.165, 1.54) is 30.5 Å². The van der Waals surface area contributed by atoms with Gasteiger partial charge in [0.25, 0.3) is 0 Å². The van der Waals surface area contributed by atoms with Crippen molar-refractivity contribution in [3.8, 4) is 11.5 Å². The Morgan fingerprint density at radius 1 is 1.19 bits per heavy atom. The number of fused-ring (bicyclic) bond motifs is 1. The fourth-order valence-corrected chi connectivity index (χ4v) is 3.71. The second-order valence-corrected chi connectivity index (χ2v) is 6.02. The van der Waals surface area contributed by atoms with Crippen molar-refractivity contribution in [3.05, 3.63) is 23.3 Å². The van der Waals surface area contributed by atoms with Crippen LogP contribution in [0.2, 0.25) is 0 Å².